The predicted molar refractivity (Wildman–Crippen MR) is 15.1 cm³/mol. The fourth-order valence-electron chi connectivity index (χ4n) is 0. The molecule has 6 radical (unpaired) electrons. The minimum absolute atomic E-state index is 0. The third kappa shape index (κ3) is 8.85. The van der Waals surface area contributed by atoms with Crippen LogP contribution in [-0.4, -0.2) is 54.2 Å². The third-order valence-electron chi connectivity index (χ3n) is 0. The zero-order valence-corrected chi connectivity index (χ0v) is 7.87. The van der Waals surface area contributed by atoms with Crippen LogP contribution in [-0.2, 0) is 26.2 Å². The molecule has 4 heteroatoms. The molecule has 0 aliphatic carbocycles. The first-order valence-electron chi connectivity index (χ1n) is 0. The molecule has 0 spiro atoms. The zero-order valence-electron chi connectivity index (χ0n) is 2.21. The van der Waals surface area contributed by atoms with Crippen LogP contribution in [0.1, 0.15) is 0 Å². The van der Waals surface area contributed by atoms with E-state index >= 15 is 0 Å². The summed E-state index contributed by atoms with van der Waals surface area (Å²) in [5, 5.41) is 0. The van der Waals surface area contributed by atoms with Crippen molar-refractivity contribution >= 4 is 48.7 Å². The van der Waals surface area contributed by atoms with Crippen LogP contribution in [0, 0.1) is 0 Å². The molecule has 18 valence electrons. The number of hydrogen-bond donors (Lipinski definition) is 0. The van der Waals surface area contributed by atoms with Gasteiger partial charge in [0.25, 0.3) is 0 Å². The standard InChI is InChI=1S/Ca.H2O.Si.Zr/h;1H2;;. The van der Waals surface area contributed by atoms with Crippen molar-refractivity contribution in [2.45, 2.75) is 0 Å². The van der Waals surface area contributed by atoms with Crippen LogP contribution >= 0.6 is 0 Å². The van der Waals surface area contributed by atoms with Crippen molar-refractivity contribution in [3.05, 3.63) is 0 Å². The van der Waals surface area contributed by atoms with E-state index in [1.54, 1.807) is 0 Å². The van der Waals surface area contributed by atoms with Gasteiger partial charge in [0.2, 0.25) is 0 Å². The Balaban J connectivity index is 0. The Labute approximate surface area is 79.0 Å². The molecule has 0 unspecified atom stereocenters. The van der Waals surface area contributed by atoms with Gasteiger partial charge < -0.3 is 5.48 Å². The van der Waals surface area contributed by atoms with E-state index in [2.05, 4.69) is 0 Å². The summed E-state index contributed by atoms with van der Waals surface area (Å²) < 4.78 is 0. The van der Waals surface area contributed by atoms with Gasteiger partial charge in [0.1, 0.15) is 0 Å². The number of rotatable bonds is 0. The topological polar surface area (TPSA) is 31.5 Å². The average molecular weight is 177 g/mol. The predicted octanol–water partition coefficient (Wildman–Crippen LogP) is -1.59. The van der Waals surface area contributed by atoms with E-state index in [9.17, 15) is 0 Å². The molecule has 0 amide bonds. The SMILES string of the molecule is O.[Ca].[Si].[Zr]. The molecule has 0 heterocycles. The van der Waals surface area contributed by atoms with Gasteiger partial charge in [-0.05, 0) is 0 Å². The van der Waals surface area contributed by atoms with E-state index in [-0.39, 0.29) is 80.4 Å². The maximum Gasteiger partial charge on any atom is 0 e. The first-order chi connectivity index (χ1) is 0. The zero-order chi connectivity index (χ0) is 0. The summed E-state index contributed by atoms with van der Waals surface area (Å²) in [6.45, 7) is 0. The van der Waals surface area contributed by atoms with Gasteiger partial charge in [-0.2, -0.15) is 0 Å². The van der Waals surface area contributed by atoms with E-state index in [1.807, 2.05) is 0 Å². The Kier molecular flexibility index (Phi) is 153. The Hall–Kier alpha value is 2.32. The van der Waals surface area contributed by atoms with Crippen LogP contribution in [0.5, 0.6) is 0 Å². The van der Waals surface area contributed by atoms with Gasteiger partial charge in [-0.3, -0.25) is 0 Å². The van der Waals surface area contributed by atoms with Crippen LogP contribution in [0.25, 0.3) is 0 Å². The van der Waals surface area contributed by atoms with Crippen LogP contribution < -0.4 is 0 Å². The van der Waals surface area contributed by atoms with Gasteiger partial charge in [0.15, 0.2) is 0 Å². The van der Waals surface area contributed by atoms with Gasteiger partial charge >= 0.3 is 0 Å². The molecule has 1 nitrogen and oxygen atoms in total. The molecule has 0 aromatic rings. The molecule has 0 fully saturated rings. The van der Waals surface area contributed by atoms with E-state index in [0.29, 0.717) is 0 Å². The monoisotopic (exact) mass is 176 g/mol. The Morgan fingerprint density at radius 3 is 1.00 bits per heavy atom. The molecule has 0 aromatic heterocycles. The summed E-state index contributed by atoms with van der Waals surface area (Å²) in [7, 11) is 0. The van der Waals surface area contributed by atoms with E-state index in [1.165, 1.54) is 0 Å². The quantitative estimate of drug-likeness (QED) is 0.400. The van der Waals surface area contributed by atoms with Crippen molar-refractivity contribution in [1.82, 2.24) is 0 Å². The second-order valence-corrected chi connectivity index (χ2v) is 0. The smallest absolute Gasteiger partial charge is 0 e. The Morgan fingerprint density at radius 1 is 1.00 bits per heavy atom. The summed E-state index contributed by atoms with van der Waals surface area (Å²) in [6, 6.07) is 0. The summed E-state index contributed by atoms with van der Waals surface area (Å²) in [5.74, 6) is 0. The van der Waals surface area contributed by atoms with Gasteiger partial charge in [-0.1, -0.05) is 0 Å². The summed E-state index contributed by atoms with van der Waals surface area (Å²) in [6.07, 6.45) is 0. The molecule has 0 bridgehead atoms. The van der Waals surface area contributed by atoms with Crippen LogP contribution in [0.3, 0.4) is 0 Å². The minimum Gasteiger partial charge on any atom is -0.412 e. The fourth-order valence-corrected chi connectivity index (χ4v) is 0. The van der Waals surface area contributed by atoms with Gasteiger partial charge in [-0.15, -0.1) is 0 Å². The van der Waals surface area contributed by atoms with Crippen molar-refractivity contribution in [3.8, 4) is 0 Å². The molecule has 0 saturated carbocycles. The maximum absolute atomic E-state index is 0. The first kappa shape index (κ1) is 33.2. The maximum atomic E-state index is 0. The Morgan fingerprint density at radius 2 is 1.00 bits per heavy atom. The first-order valence-corrected chi connectivity index (χ1v) is 0. The molecule has 0 aliphatic rings. The third-order valence-corrected chi connectivity index (χ3v) is 0. The summed E-state index contributed by atoms with van der Waals surface area (Å²) in [4.78, 5) is 0. The largest absolute Gasteiger partial charge is 0.412 e. The van der Waals surface area contributed by atoms with Crippen molar-refractivity contribution in [3.63, 3.8) is 0 Å². The second kappa shape index (κ2) is 18.4. The number of hydrogen-bond acceptors (Lipinski definition) is 0. The van der Waals surface area contributed by atoms with Crippen LogP contribution in [0.15, 0.2) is 0 Å². The molecule has 2 N–H and O–H groups in total. The van der Waals surface area contributed by atoms with Crippen molar-refractivity contribution in [2.24, 2.45) is 0 Å². The molecular formula is H2CaOSiZr. The fraction of sp³-hybridized carbons (Fsp3) is 0. The Bertz CT molecular complexity index is 8.00. The van der Waals surface area contributed by atoms with Crippen LogP contribution in [0.4, 0.5) is 0 Å². The van der Waals surface area contributed by atoms with E-state index in [4.69, 9.17) is 0 Å². The molecular weight excluding hydrogens is 175 g/mol. The van der Waals surface area contributed by atoms with Crippen LogP contribution in [0.2, 0.25) is 0 Å². The molecule has 0 rings (SSSR count). The molecule has 4 heavy (non-hydrogen) atoms. The average Bonchev–Trinajstić information content (AvgIpc) is 0. The molecule has 0 aromatic carbocycles. The van der Waals surface area contributed by atoms with Crippen molar-refractivity contribution < 1.29 is 31.7 Å². The molecule has 0 aliphatic heterocycles. The van der Waals surface area contributed by atoms with Crippen molar-refractivity contribution in [2.75, 3.05) is 0 Å². The molecule has 0 atom stereocenters. The van der Waals surface area contributed by atoms with E-state index < -0.39 is 0 Å². The van der Waals surface area contributed by atoms with E-state index in [0.717, 1.165) is 0 Å². The minimum atomic E-state index is 0. The second-order valence-electron chi connectivity index (χ2n) is 0. The van der Waals surface area contributed by atoms with Gasteiger partial charge in [0.05, 0.1) is 0 Å². The summed E-state index contributed by atoms with van der Waals surface area (Å²) in [5.41, 5.74) is 0. The van der Waals surface area contributed by atoms with Gasteiger partial charge in [-0.25, -0.2) is 0 Å². The summed E-state index contributed by atoms with van der Waals surface area (Å²) >= 11 is 0. The van der Waals surface area contributed by atoms with Crippen molar-refractivity contribution in [1.29, 1.82) is 0 Å². The van der Waals surface area contributed by atoms with Gasteiger partial charge in [0, 0.05) is 74.9 Å². The molecule has 0 saturated heterocycles. The normalized spacial score (nSPS) is 0.